The van der Waals surface area contributed by atoms with Crippen LogP contribution in [-0.4, -0.2) is 30.4 Å². The summed E-state index contributed by atoms with van der Waals surface area (Å²) in [5.74, 6) is -0.280. The van der Waals surface area contributed by atoms with Crippen LogP contribution in [0.15, 0.2) is 0 Å². The Bertz CT molecular complexity index is 217. The Kier molecular flexibility index (Phi) is 3.39. The van der Waals surface area contributed by atoms with E-state index >= 15 is 0 Å². The molecule has 1 aliphatic rings. The van der Waals surface area contributed by atoms with Crippen LogP contribution in [0.3, 0.4) is 0 Å². The number of rotatable bonds is 3. The summed E-state index contributed by atoms with van der Waals surface area (Å²) in [6, 6.07) is -0.664. The molecule has 1 rings (SSSR count). The number of ether oxygens (including phenoxy) is 1. The highest BCUT2D eigenvalue weighted by atomic mass is 16.5. The van der Waals surface area contributed by atoms with E-state index in [9.17, 15) is 9.59 Å². The zero-order valence-corrected chi connectivity index (χ0v) is 7.79. The third kappa shape index (κ3) is 2.50. The van der Waals surface area contributed by atoms with Gasteiger partial charge in [0.2, 0.25) is 0 Å². The monoisotopic (exact) mass is 186 g/mol. The molecule has 1 heterocycles. The molecule has 1 fully saturated rings. The number of Topliss-reactive ketones (excluding diaryl/α,β-unsaturated/α-hetero) is 1. The first-order chi connectivity index (χ1) is 6.15. The molecule has 13 heavy (non-hydrogen) atoms. The third-order valence-electron chi connectivity index (χ3n) is 1.97. The fraction of sp³-hybridized carbons (Fsp3) is 0.750. The molecular formula is C8H14N2O3. The van der Waals surface area contributed by atoms with Gasteiger partial charge in [-0.2, -0.15) is 0 Å². The number of carbonyl (C=O) groups is 2. The van der Waals surface area contributed by atoms with Crippen LogP contribution in [0.4, 0.5) is 0 Å². The lowest BCUT2D eigenvalue weighted by molar-refractivity contribution is -0.145. The average molecular weight is 186 g/mol. The fourth-order valence-electron chi connectivity index (χ4n) is 1.22. The first-order valence-electron chi connectivity index (χ1n) is 4.33. The fourth-order valence-corrected chi connectivity index (χ4v) is 1.22. The summed E-state index contributed by atoms with van der Waals surface area (Å²) in [4.78, 5) is 22.1. The van der Waals surface area contributed by atoms with E-state index in [1.165, 1.54) is 6.92 Å². The van der Waals surface area contributed by atoms with Crippen molar-refractivity contribution >= 4 is 11.8 Å². The molecule has 0 bridgehead atoms. The zero-order chi connectivity index (χ0) is 9.84. The second-order valence-corrected chi connectivity index (χ2v) is 2.99. The number of esters is 1. The topological polar surface area (TPSA) is 67.4 Å². The molecule has 0 aromatic rings. The molecule has 1 saturated heterocycles. The van der Waals surface area contributed by atoms with Gasteiger partial charge in [0.1, 0.15) is 11.8 Å². The van der Waals surface area contributed by atoms with Crippen LogP contribution in [0.5, 0.6) is 0 Å². The van der Waals surface area contributed by atoms with Crippen molar-refractivity contribution in [3.05, 3.63) is 0 Å². The van der Waals surface area contributed by atoms with E-state index < -0.39 is 6.04 Å². The molecule has 74 valence electrons. The highest BCUT2D eigenvalue weighted by Gasteiger charge is 2.32. The van der Waals surface area contributed by atoms with Gasteiger partial charge in [-0.1, -0.05) is 0 Å². The van der Waals surface area contributed by atoms with Gasteiger partial charge in [0.25, 0.3) is 0 Å². The van der Waals surface area contributed by atoms with Crippen molar-refractivity contribution < 1.29 is 14.3 Å². The molecule has 0 saturated carbocycles. The van der Waals surface area contributed by atoms with Gasteiger partial charge in [-0.25, -0.2) is 10.9 Å². The van der Waals surface area contributed by atoms with Crippen molar-refractivity contribution in [2.45, 2.75) is 32.4 Å². The van der Waals surface area contributed by atoms with Crippen LogP contribution in [0.1, 0.15) is 20.3 Å². The summed E-state index contributed by atoms with van der Waals surface area (Å²) in [6.07, 6.45) is 0.466. The molecule has 0 aliphatic carbocycles. The quantitative estimate of drug-likeness (QED) is 0.575. The molecule has 1 aliphatic heterocycles. The van der Waals surface area contributed by atoms with E-state index in [4.69, 9.17) is 4.74 Å². The Morgan fingerprint density at radius 3 is 2.46 bits per heavy atom. The number of nitrogens with one attached hydrogen (secondary N) is 2. The number of ketones is 1. The van der Waals surface area contributed by atoms with Crippen molar-refractivity contribution in [3.63, 3.8) is 0 Å². The Hall–Kier alpha value is -0.940. The van der Waals surface area contributed by atoms with Crippen LogP contribution < -0.4 is 10.9 Å². The predicted molar refractivity (Wildman–Crippen MR) is 45.8 cm³/mol. The van der Waals surface area contributed by atoms with E-state index in [-0.39, 0.29) is 17.8 Å². The lowest BCUT2D eigenvalue weighted by Gasteiger charge is -2.06. The number of carbonyl (C=O) groups excluding carboxylic acids is 2. The molecule has 0 aromatic heterocycles. The lowest BCUT2D eigenvalue weighted by Crippen LogP contribution is -2.39. The van der Waals surface area contributed by atoms with Gasteiger partial charge in [0.05, 0.1) is 12.6 Å². The van der Waals surface area contributed by atoms with E-state index in [2.05, 4.69) is 10.9 Å². The summed E-state index contributed by atoms with van der Waals surface area (Å²) in [7, 11) is 0. The molecule has 5 heteroatoms. The maximum Gasteiger partial charge on any atom is 0.324 e. The summed E-state index contributed by atoms with van der Waals surface area (Å²) in [5.41, 5.74) is 5.47. The molecule has 0 amide bonds. The van der Waals surface area contributed by atoms with E-state index in [0.717, 1.165) is 0 Å². The molecular weight excluding hydrogens is 172 g/mol. The van der Waals surface area contributed by atoms with Crippen LogP contribution in [0, 0.1) is 0 Å². The summed E-state index contributed by atoms with van der Waals surface area (Å²) >= 11 is 0. The smallest absolute Gasteiger partial charge is 0.324 e. The number of hydrazine groups is 1. The molecule has 0 spiro atoms. The Balaban J connectivity index is 2.40. The predicted octanol–water partition coefficient (Wildman–Crippen LogP) is -0.626. The Labute approximate surface area is 76.8 Å². The van der Waals surface area contributed by atoms with Gasteiger partial charge < -0.3 is 4.74 Å². The second-order valence-electron chi connectivity index (χ2n) is 2.99. The SMILES string of the molecule is CCOC(=O)C1CC(C(C)=O)NN1. The van der Waals surface area contributed by atoms with Crippen molar-refractivity contribution in [1.82, 2.24) is 10.9 Å². The first kappa shape index (κ1) is 10.1. The van der Waals surface area contributed by atoms with Gasteiger partial charge in [-0.15, -0.1) is 0 Å². The maximum absolute atomic E-state index is 11.2. The number of hydrogen-bond acceptors (Lipinski definition) is 5. The second kappa shape index (κ2) is 4.34. The molecule has 2 atom stereocenters. The minimum atomic E-state index is -0.395. The van der Waals surface area contributed by atoms with E-state index in [0.29, 0.717) is 13.0 Å². The lowest BCUT2D eigenvalue weighted by atomic mass is 10.1. The first-order valence-corrected chi connectivity index (χ1v) is 4.33. The number of hydrogen-bond donors (Lipinski definition) is 2. The van der Waals surface area contributed by atoms with Crippen LogP contribution in [0.2, 0.25) is 0 Å². The summed E-state index contributed by atoms with van der Waals surface area (Å²) < 4.78 is 4.80. The standard InChI is InChI=1S/C8H14N2O3/c1-3-13-8(12)7-4-6(5(2)11)9-10-7/h6-7,9-10H,3-4H2,1-2H3. The molecule has 5 nitrogen and oxygen atoms in total. The van der Waals surface area contributed by atoms with Crippen molar-refractivity contribution in [3.8, 4) is 0 Å². The minimum Gasteiger partial charge on any atom is -0.465 e. The molecule has 0 aromatic carbocycles. The highest BCUT2D eigenvalue weighted by molar-refractivity contribution is 5.84. The Morgan fingerprint density at radius 2 is 2.00 bits per heavy atom. The average Bonchev–Trinajstić information content (AvgIpc) is 2.52. The molecule has 2 N–H and O–H groups in total. The highest BCUT2D eigenvalue weighted by Crippen LogP contribution is 2.07. The maximum atomic E-state index is 11.2. The van der Waals surface area contributed by atoms with Gasteiger partial charge >= 0.3 is 5.97 Å². The van der Waals surface area contributed by atoms with Gasteiger partial charge in [0, 0.05) is 0 Å². The van der Waals surface area contributed by atoms with Gasteiger partial charge in [0.15, 0.2) is 0 Å². The largest absolute Gasteiger partial charge is 0.465 e. The normalized spacial score (nSPS) is 27.2. The molecule has 0 radical (unpaired) electrons. The van der Waals surface area contributed by atoms with Crippen molar-refractivity contribution in [1.29, 1.82) is 0 Å². The van der Waals surface area contributed by atoms with Crippen molar-refractivity contribution in [2.75, 3.05) is 6.61 Å². The summed E-state index contributed by atoms with van der Waals surface area (Å²) in [5, 5.41) is 0. The third-order valence-corrected chi connectivity index (χ3v) is 1.97. The van der Waals surface area contributed by atoms with Crippen LogP contribution in [-0.2, 0) is 14.3 Å². The van der Waals surface area contributed by atoms with Crippen LogP contribution >= 0.6 is 0 Å². The van der Waals surface area contributed by atoms with Crippen LogP contribution in [0.25, 0.3) is 0 Å². The van der Waals surface area contributed by atoms with Crippen molar-refractivity contribution in [2.24, 2.45) is 0 Å². The Morgan fingerprint density at radius 1 is 1.38 bits per heavy atom. The minimum absolute atomic E-state index is 0.0271. The van der Waals surface area contributed by atoms with E-state index in [1.807, 2.05) is 0 Å². The van der Waals surface area contributed by atoms with E-state index in [1.54, 1.807) is 6.92 Å². The molecule has 2 unspecified atom stereocenters. The van der Waals surface area contributed by atoms with Gasteiger partial charge in [-0.3, -0.25) is 9.59 Å². The summed E-state index contributed by atoms with van der Waals surface area (Å²) in [6.45, 7) is 3.61. The zero-order valence-electron chi connectivity index (χ0n) is 7.79. The van der Waals surface area contributed by atoms with Gasteiger partial charge in [-0.05, 0) is 20.3 Å².